The van der Waals surface area contributed by atoms with Gasteiger partial charge in [-0.2, -0.15) is 0 Å². The van der Waals surface area contributed by atoms with Gasteiger partial charge in [-0.15, -0.1) is 11.3 Å². The molecule has 0 N–H and O–H groups in total. The minimum atomic E-state index is -3.66. The molecule has 0 radical (unpaired) electrons. The van der Waals surface area contributed by atoms with Crippen molar-refractivity contribution >= 4 is 54.5 Å². The Labute approximate surface area is 128 Å². The van der Waals surface area contributed by atoms with Crippen LogP contribution in [-0.4, -0.2) is 20.0 Å². The molecule has 7 heteroatoms. The zero-order chi connectivity index (χ0) is 14.0. The molecule has 2 rings (SSSR count). The average molecular weight is 380 g/mol. The molecule has 0 aliphatic carbocycles. The van der Waals surface area contributed by atoms with Gasteiger partial charge in [0.05, 0.1) is 14.1 Å². The summed E-state index contributed by atoms with van der Waals surface area (Å²) in [5.41, 5.74) is 0. The highest BCUT2D eigenvalue weighted by Gasteiger charge is 2.23. The second kappa shape index (κ2) is 5.75. The molecule has 100 valence electrons. The fourth-order valence-electron chi connectivity index (χ4n) is 1.48. The third-order valence-corrected chi connectivity index (χ3v) is 6.24. The van der Waals surface area contributed by atoms with Crippen LogP contribution in [0.3, 0.4) is 0 Å². The van der Waals surface area contributed by atoms with Crippen molar-refractivity contribution in [3.05, 3.63) is 50.1 Å². The van der Waals surface area contributed by atoms with Crippen LogP contribution >= 0.6 is 38.9 Å². The molecular weight excluding hydrogens is 372 g/mol. The van der Waals surface area contributed by atoms with Crippen molar-refractivity contribution in [2.45, 2.75) is 4.90 Å². The van der Waals surface area contributed by atoms with Crippen molar-refractivity contribution in [3.8, 4) is 0 Å². The third kappa shape index (κ3) is 3.45. The summed E-state index contributed by atoms with van der Waals surface area (Å²) in [5.74, 6) is -1.01. The SMILES string of the molecule is O=C(CS(=O)(=O)c1ccccc1Br)c1ccc(Cl)s1. The summed E-state index contributed by atoms with van der Waals surface area (Å²) in [4.78, 5) is 12.4. The van der Waals surface area contributed by atoms with Gasteiger partial charge in [-0.25, -0.2) is 8.42 Å². The smallest absolute Gasteiger partial charge is 0.188 e. The van der Waals surface area contributed by atoms with Crippen molar-refractivity contribution in [1.29, 1.82) is 0 Å². The summed E-state index contributed by atoms with van der Waals surface area (Å²) in [6.07, 6.45) is 0. The molecule has 0 unspecified atom stereocenters. The highest BCUT2D eigenvalue weighted by Crippen LogP contribution is 2.25. The van der Waals surface area contributed by atoms with Gasteiger partial charge in [0.25, 0.3) is 0 Å². The summed E-state index contributed by atoms with van der Waals surface area (Å²) in [5, 5.41) is 0. The average Bonchev–Trinajstić information content (AvgIpc) is 2.76. The number of sulfone groups is 1. The van der Waals surface area contributed by atoms with E-state index >= 15 is 0 Å². The van der Waals surface area contributed by atoms with Gasteiger partial charge in [0.15, 0.2) is 15.6 Å². The maximum atomic E-state index is 12.2. The first-order chi connectivity index (χ1) is 8.90. The Morgan fingerprint density at radius 1 is 1.21 bits per heavy atom. The van der Waals surface area contributed by atoms with E-state index in [1.165, 1.54) is 12.1 Å². The molecule has 0 aliphatic rings. The maximum absolute atomic E-state index is 12.2. The van der Waals surface area contributed by atoms with Crippen LogP contribution in [-0.2, 0) is 9.84 Å². The van der Waals surface area contributed by atoms with E-state index < -0.39 is 21.4 Å². The highest BCUT2D eigenvalue weighted by molar-refractivity contribution is 9.10. The Balaban J connectivity index is 2.28. The molecule has 0 spiro atoms. The van der Waals surface area contributed by atoms with Crippen molar-refractivity contribution in [2.75, 3.05) is 5.75 Å². The molecule has 1 heterocycles. The number of rotatable bonds is 4. The van der Waals surface area contributed by atoms with Gasteiger partial charge in [0, 0.05) is 4.47 Å². The molecule has 0 aliphatic heterocycles. The lowest BCUT2D eigenvalue weighted by Gasteiger charge is -2.05. The first-order valence-electron chi connectivity index (χ1n) is 5.16. The van der Waals surface area contributed by atoms with E-state index in [1.807, 2.05) is 0 Å². The molecule has 19 heavy (non-hydrogen) atoms. The Morgan fingerprint density at radius 3 is 2.47 bits per heavy atom. The van der Waals surface area contributed by atoms with Gasteiger partial charge < -0.3 is 0 Å². The monoisotopic (exact) mass is 378 g/mol. The predicted octanol–water partition coefficient (Wildman–Crippen LogP) is 3.82. The Bertz CT molecular complexity index is 722. The summed E-state index contributed by atoms with van der Waals surface area (Å²) < 4.78 is 25.2. The number of carbonyl (C=O) groups is 1. The standard InChI is InChI=1S/C12H8BrClO3S2/c13-8-3-1-2-4-11(8)19(16,17)7-9(15)10-5-6-12(14)18-10/h1-6H,7H2. The molecular formula is C12H8BrClO3S2. The molecule has 2 aromatic rings. The van der Waals surface area contributed by atoms with Gasteiger partial charge in [-0.05, 0) is 40.2 Å². The zero-order valence-corrected chi connectivity index (χ0v) is 13.4. The Hall–Kier alpha value is -0.690. The van der Waals surface area contributed by atoms with Gasteiger partial charge in [0.1, 0.15) is 5.75 Å². The molecule has 0 bridgehead atoms. The molecule has 1 aromatic carbocycles. The summed E-state index contributed by atoms with van der Waals surface area (Å²) >= 11 is 9.98. The van der Waals surface area contributed by atoms with E-state index in [1.54, 1.807) is 24.3 Å². The highest BCUT2D eigenvalue weighted by atomic mass is 79.9. The lowest BCUT2D eigenvalue weighted by molar-refractivity contribution is 0.102. The second-order valence-corrected chi connectivity index (χ2v) is 8.24. The number of halogens is 2. The molecule has 0 atom stereocenters. The van der Waals surface area contributed by atoms with Crippen LogP contribution in [0.4, 0.5) is 0 Å². The van der Waals surface area contributed by atoms with E-state index in [4.69, 9.17) is 11.6 Å². The largest absolute Gasteiger partial charge is 0.292 e. The third-order valence-electron chi connectivity index (χ3n) is 2.34. The minimum Gasteiger partial charge on any atom is -0.292 e. The fourth-order valence-corrected chi connectivity index (χ4v) is 4.89. The van der Waals surface area contributed by atoms with Gasteiger partial charge in [0.2, 0.25) is 0 Å². The molecule has 0 amide bonds. The Morgan fingerprint density at radius 2 is 1.89 bits per heavy atom. The zero-order valence-electron chi connectivity index (χ0n) is 9.47. The number of hydrogen-bond acceptors (Lipinski definition) is 4. The lowest BCUT2D eigenvalue weighted by atomic mass is 10.3. The first-order valence-corrected chi connectivity index (χ1v) is 8.80. The number of carbonyl (C=O) groups excluding carboxylic acids is 1. The van der Waals surface area contributed by atoms with Crippen LogP contribution in [0.15, 0.2) is 45.8 Å². The first kappa shape index (κ1) is 14.7. The normalized spacial score (nSPS) is 11.5. The van der Waals surface area contributed by atoms with E-state index in [2.05, 4.69) is 15.9 Å². The quantitative estimate of drug-likeness (QED) is 0.759. The van der Waals surface area contributed by atoms with Crippen LogP contribution < -0.4 is 0 Å². The molecule has 1 aromatic heterocycles. The molecule has 3 nitrogen and oxygen atoms in total. The fraction of sp³-hybridized carbons (Fsp3) is 0.0833. The van der Waals surface area contributed by atoms with E-state index in [0.29, 0.717) is 13.7 Å². The number of ketones is 1. The van der Waals surface area contributed by atoms with Crippen LogP contribution in [0.2, 0.25) is 4.34 Å². The number of hydrogen-bond donors (Lipinski definition) is 0. The molecule has 0 saturated carbocycles. The number of Topliss-reactive ketones (excluding diaryl/α,β-unsaturated/α-hetero) is 1. The van der Waals surface area contributed by atoms with Gasteiger partial charge >= 0.3 is 0 Å². The molecule has 0 fully saturated rings. The summed E-state index contributed by atoms with van der Waals surface area (Å²) in [7, 11) is -3.66. The Kier molecular flexibility index (Phi) is 4.45. The number of thiophene rings is 1. The van der Waals surface area contributed by atoms with Gasteiger partial charge in [-0.3, -0.25) is 4.79 Å². The predicted molar refractivity (Wildman–Crippen MR) is 79.9 cm³/mol. The van der Waals surface area contributed by atoms with Crippen molar-refractivity contribution < 1.29 is 13.2 Å². The lowest BCUT2D eigenvalue weighted by Crippen LogP contribution is -2.16. The number of benzene rings is 1. The summed E-state index contributed by atoms with van der Waals surface area (Å²) in [6, 6.07) is 9.52. The van der Waals surface area contributed by atoms with Crippen molar-refractivity contribution in [3.63, 3.8) is 0 Å². The second-order valence-electron chi connectivity index (χ2n) is 3.72. The van der Waals surface area contributed by atoms with Gasteiger partial charge in [-0.1, -0.05) is 23.7 Å². The molecule has 0 saturated heterocycles. The van der Waals surface area contributed by atoms with Crippen molar-refractivity contribution in [2.24, 2.45) is 0 Å². The summed E-state index contributed by atoms with van der Waals surface area (Å²) in [6.45, 7) is 0. The van der Waals surface area contributed by atoms with E-state index in [-0.39, 0.29) is 4.90 Å². The maximum Gasteiger partial charge on any atom is 0.188 e. The van der Waals surface area contributed by atoms with E-state index in [9.17, 15) is 13.2 Å². The topological polar surface area (TPSA) is 51.2 Å². The van der Waals surface area contributed by atoms with Crippen LogP contribution in [0, 0.1) is 0 Å². The van der Waals surface area contributed by atoms with E-state index in [0.717, 1.165) is 11.3 Å². The van der Waals surface area contributed by atoms with Crippen LogP contribution in [0.1, 0.15) is 9.67 Å². The van der Waals surface area contributed by atoms with Crippen LogP contribution in [0.25, 0.3) is 0 Å². The van der Waals surface area contributed by atoms with Crippen molar-refractivity contribution in [1.82, 2.24) is 0 Å². The van der Waals surface area contributed by atoms with Crippen LogP contribution in [0.5, 0.6) is 0 Å². The minimum absolute atomic E-state index is 0.117.